The number of unbranched alkanes of at least 4 members (excludes halogenated alkanes) is 2. The van der Waals surface area contributed by atoms with Crippen molar-refractivity contribution in [2.24, 2.45) is 0 Å². The van der Waals surface area contributed by atoms with E-state index in [1.54, 1.807) is 11.4 Å². The Hall–Kier alpha value is -2.67. The summed E-state index contributed by atoms with van der Waals surface area (Å²) in [6, 6.07) is 7.58. The standard InChI is InChI=1S/C20H23N3O3S/c1-13-7-6-8-15(14(13)2)21-17(24)9-4-3-5-11-23-19(25)18-16(10-12-27-18)22-20(23)26/h6-8,10,12H,3-5,9,11H2,1-2H3,(H,21,24)(H,22,26). The van der Waals surface area contributed by atoms with E-state index in [-0.39, 0.29) is 17.2 Å². The van der Waals surface area contributed by atoms with Crippen LogP contribution in [0.3, 0.4) is 0 Å². The van der Waals surface area contributed by atoms with Crippen molar-refractivity contribution in [1.82, 2.24) is 9.55 Å². The van der Waals surface area contributed by atoms with Gasteiger partial charge in [0, 0.05) is 18.7 Å². The van der Waals surface area contributed by atoms with E-state index in [0.29, 0.717) is 36.0 Å². The maximum atomic E-state index is 12.3. The first-order valence-corrected chi connectivity index (χ1v) is 9.91. The van der Waals surface area contributed by atoms with Crippen LogP contribution in [-0.4, -0.2) is 15.5 Å². The summed E-state index contributed by atoms with van der Waals surface area (Å²) in [5, 5.41) is 4.74. The number of anilines is 1. The Morgan fingerprint density at radius 2 is 1.96 bits per heavy atom. The third-order valence-corrected chi connectivity index (χ3v) is 5.66. The Bertz CT molecular complexity index is 1080. The van der Waals surface area contributed by atoms with Gasteiger partial charge >= 0.3 is 5.69 Å². The molecule has 2 N–H and O–H groups in total. The molecule has 6 nitrogen and oxygen atoms in total. The predicted octanol–water partition coefficient (Wildman–Crippen LogP) is 3.57. The quantitative estimate of drug-likeness (QED) is 0.610. The number of benzene rings is 1. The molecule has 0 aliphatic heterocycles. The Labute approximate surface area is 160 Å². The molecular weight excluding hydrogens is 362 g/mol. The molecule has 0 saturated carbocycles. The minimum Gasteiger partial charge on any atom is -0.326 e. The number of nitrogens with one attached hydrogen (secondary N) is 2. The predicted molar refractivity (Wildman–Crippen MR) is 110 cm³/mol. The molecule has 0 fully saturated rings. The molecular formula is C20H23N3O3S. The minimum atomic E-state index is -0.376. The van der Waals surface area contributed by atoms with Gasteiger partial charge in [-0.15, -0.1) is 11.3 Å². The zero-order valence-corrected chi connectivity index (χ0v) is 16.3. The van der Waals surface area contributed by atoms with Crippen molar-refractivity contribution >= 4 is 33.1 Å². The number of amides is 1. The molecule has 0 atom stereocenters. The third-order valence-electron chi connectivity index (χ3n) is 4.76. The Morgan fingerprint density at radius 1 is 1.15 bits per heavy atom. The smallest absolute Gasteiger partial charge is 0.326 e. The first kappa shape index (κ1) is 19.1. The second-order valence-corrected chi connectivity index (χ2v) is 7.57. The summed E-state index contributed by atoms with van der Waals surface area (Å²) < 4.78 is 1.82. The van der Waals surface area contributed by atoms with Crippen molar-refractivity contribution in [2.45, 2.75) is 46.1 Å². The molecule has 0 aliphatic rings. The minimum absolute atomic E-state index is 0.0151. The molecule has 1 amide bonds. The van der Waals surface area contributed by atoms with Gasteiger partial charge in [-0.25, -0.2) is 4.79 Å². The first-order valence-electron chi connectivity index (χ1n) is 9.04. The van der Waals surface area contributed by atoms with Gasteiger partial charge in [0.15, 0.2) is 0 Å². The van der Waals surface area contributed by atoms with E-state index in [0.717, 1.165) is 23.2 Å². The van der Waals surface area contributed by atoms with Crippen molar-refractivity contribution < 1.29 is 4.79 Å². The van der Waals surface area contributed by atoms with E-state index >= 15 is 0 Å². The van der Waals surface area contributed by atoms with Crippen LogP contribution in [0.5, 0.6) is 0 Å². The molecule has 0 spiro atoms. The van der Waals surface area contributed by atoms with Crippen LogP contribution in [0.15, 0.2) is 39.2 Å². The van der Waals surface area contributed by atoms with Crippen LogP contribution in [-0.2, 0) is 11.3 Å². The van der Waals surface area contributed by atoms with Crippen LogP contribution in [0.2, 0.25) is 0 Å². The summed E-state index contributed by atoms with van der Waals surface area (Å²) in [6.07, 6.45) is 2.58. The number of hydrogen-bond donors (Lipinski definition) is 2. The molecule has 0 saturated heterocycles. The Balaban J connectivity index is 1.48. The summed E-state index contributed by atoms with van der Waals surface area (Å²) in [5.41, 5.74) is 3.05. The summed E-state index contributed by atoms with van der Waals surface area (Å²) in [7, 11) is 0. The zero-order chi connectivity index (χ0) is 19.4. The molecule has 0 aliphatic carbocycles. The Kier molecular flexibility index (Phi) is 5.91. The molecule has 0 unspecified atom stereocenters. The summed E-state index contributed by atoms with van der Waals surface area (Å²) >= 11 is 1.33. The maximum Gasteiger partial charge on any atom is 0.328 e. The highest BCUT2D eigenvalue weighted by atomic mass is 32.1. The lowest BCUT2D eigenvalue weighted by atomic mass is 10.1. The van der Waals surface area contributed by atoms with Gasteiger partial charge in [0.2, 0.25) is 5.91 Å². The highest BCUT2D eigenvalue weighted by Gasteiger charge is 2.09. The van der Waals surface area contributed by atoms with Crippen molar-refractivity contribution in [3.63, 3.8) is 0 Å². The van der Waals surface area contributed by atoms with Gasteiger partial charge < -0.3 is 10.3 Å². The summed E-state index contributed by atoms with van der Waals surface area (Å²) in [6.45, 7) is 4.37. The summed E-state index contributed by atoms with van der Waals surface area (Å²) in [4.78, 5) is 39.2. The van der Waals surface area contributed by atoms with E-state index < -0.39 is 0 Å². The topological polar surface area (TPSA) is 84.0 Å². The highest BCUT2D eigenvalue weighted by molar-refractivity contribution is 7.17. The number of carbonyl (C=O) groups is 1. The fourth-order valence-electron chi connectivity index (χ4n) is 3.01. The van der Waals surface area contributed by atoms with Crippen molar-refractivity contribution in [1.29, 1.82) is 0 Å². The molecule has 27 heavy (non-hydrogen) atoms. The largest absolute Gasteiger partial charge is 0.328 e. The number of aromatic amines is 1. The van der Waals surface area contributed by atoms with Gasteiger partial charge in [-0.2, -0.15) is 0 Å². The molecule has 142 valence electrons. The van der Waals surface area contributed by atoms with Crippen LogP contribution in [0, 0.1) is 13.8 Å². The van der Waals surface area contributed by atoms with Gasteiger partial charge in [0.1, 0.15) is 4.70 Å². The lowest BCUT2D eigenvalue weighted by Crippen LogP contribution is -2.34. The first-order chi connectivity index (χ1) is 13.0. The number of rotatable bonds is 7. The third kappa shape index (κ3) is 4.36. The van der Waals surface area contributed by atoms with Gasteiger partial charge in [-0.3, -0.25) is 14.2 Å². The molecule has 0 bridgehead atoms. The van der Waals surface area contributed by atoms with Crippen molar-refractivity contribution in [3.8, 4) is 0 Å². The van der Waals surface area contributed by atoms with Crippen LogP contribution < -0.4 is 16.6 Å². The maximum absolute atomic E-state index is 12.3. The zero-order valence-electron chi connectivity index (χ0n) is 15.5. The lowest BCUT2D eigenvalue weighted by molar-refractivity contribution is -0.116. The normalized spacial score (nSPS) is 11.0. The van der Waals surface area contributed by atoms with Crippen LogP contribution in [0.4, 0.5) is 5.69 Å². The number of H-pyrrole nitrogens is 1. The highest BCUT2D eigenvalue weighted by Crippen LogP contribution is 2.18. The van der Waals surface area contributed by atoms with Crippen molar-refractivity contribution in [2.75, 3.05) is 5.32 Å². The molecule has 3 rings (SSSR count). The van der Waals surface area contributed by atoms with Crippen molar-refractivity contribution in [3.05, 3.63) is 61.6 Å². The average molecular weight is 385 g/mol. The number of nitrogens with zero attached hydrogens (tertiary/aromatic N) is 1. The summed E-state index contributed by atoms with van der Waals surface area (Å²) in [5.74, 6) is -0.0151. The molecule has 0 radical (unpaired) electrons. The van der Waals surface area contributed by atoms with Gasteiger partial charge in [0.25, 0.3) is 5.56 Å². The second-order valence-electron chi connectivity index (χ2n) is 6.66. The van der Waals surface area contributed by atoms with E-state index in [1.165, 1.54) is 15.9 Å². The SMILES string of the molecule is Cc1cccc(NC(=O)CCCCCn2c(=O)[nH]c3ccsc3c2=O)c1C. The molecule has 3 aromatic rings. The van der Waals surface area contributed by atoms with Crippen LogP contribution in [0.1, 0.15) is 36.8 Å². The fraction of sp³-hybridized carbons (Fsp3) is 0.350. The monoisotopic (exact) mass is 385 g/mol. The van der Waals surface area contributed by atoms with Gasteiger partial charge in [-0.05, 0) is 55.3 Å². The fourth-order valence-corrected chi connectivity index (χ4v) is 3.80. The Morgan fingerprint density at radius 3 is 2.78 bits per heavy atom. The number of aromatic nitrogens is 2. The molecule has 1 aromatic carbocycles. The molecule has 7 heteroatoms. The average Bonchev–Trinajstić information content (AvgIpc) is 3.09. The van der Waals surface area contributed by atoms with E-state index in [1.807, 2.05) is 32.0 Å². The van der Waals surface area contributed by atoms with Crippen LogP contribution >= 0.6 is 11.3 Å². The van der Waals surface area contributed by atoms with Crippen LogP contribution in [0.25, 0.3) is 10.2 Å². The lowest BCUT2D eigenvalue weighted by Gasteiger charge is -2.10. The molecule has 2 aromatic heterocycles. The number of aryl methyl sites for hydroxylation is 1. The number of thiophene rings is 1. The number of fused-ring (bicyclic) bond motifs is 1. The van der Waals surface area contributed by atoms with E-state index in [9.17, 15) is 14.4 Å². The molecule has 2 heterocycles. The van der Waals surface area contributed by atoms with E-state index in [2.05, 4.69) is 10.3 Å². The number of hydrogen-bond acceptors (Lipinski definition) is 4. The number of carbonyl (C=O) groups excluding carboxylic acids is 1. The van der Waals surface area contributed by atoms with Gasteiger partial charge in [0.05, 0.1) is 5.52 Å². The van der Waals surface area contributed by atoms with E-state index in [4.69, 9.17) is 0 Å². The van der Waals surface area contributed by atoms with Gasteiger partial charge in [-0.1, -0.05) is 18.6 Å². The second kappa shape index (κ2) is 8.35.